The molecule has 0 heterocycles. The maximum atomic E-state index is 11.6. The molecule has 1 aromatic carbocycles. The summed E-state index contributed by atoms with van der Waals surface area (Å²) in [5.74, 6) is -1.57. The van der Waals surface area contributed by atoms with Gasteiger partial charge in [0.2, 0.25) is 0 Å². The second-order valence-electron chi connectivity index (χ2n) is 3.98. The molecule has 0 aromatic heterocycles. The second-order valence-corrected chi connectivity index (χ2v) is 3.98. The van der Waals surface area contributed by atoms with Crippen molar-refractivity contribution < 1.29 is 24.2 Å². The maximum absolute atomic E-state index is 11.6. The SMILES string of the molecule is CCCC(Oc1cc(N)ccc1C(=O)OC)C(=O)O. The lowest BCUT2D eigenvalue weighted by atomic mass is 10.1. The molecule has 1 rings (SSSR count). The van der Waals surface area contributed by atoms with E-state index in [1.807, 2.05) is 6.92 Å². The van der Waals surface area contributed by atoms with Gasteiger partial charge in [-0.05, 0) is 18.6 Å². The number of carbonyl (C=O) groups excluding carboxylic acids is 1. The molecule has 0 aliphatic rings. The third-order valence-electron chi connectivity index (χ3n) is 2.51. The first-order chi connectivity index (χ1) is 8.99. The monoisotopic (exact) mass is 267 g/mol. The number of methoxy groups -OCH3 is 1. The van der Waals surface area contributed by atoms with Gasteiger partial charge < -0.3 is 20.3 Å². The molecular weight excluding hydrogens is 250 g/mol. The highest BCUT2D eigenvalue weighted by Gasteiger charge is 2.22. The van der Waals surface area contributed by atoms with E-state index in [-0.39, 0.29) is 11.3 Å². The zero-order valence-corrected chi connectivity index (χ0v) is 10.9. The number of ether oxygens (including phenoxy) is 2. The third kappa shape index (κ3) is 3.87. The highest BCUT2D eigenvalue weighted by Crippen LogP contribution is 2.24. The van der Waals surface area contributed by atoms with E-state index in [1.54, 1.807) is 0 Å². The Morgan fingerprint density at radius 1 is 1.42 bits per heavy atom. The average molecular weight is 267 g/mol. The molecule has 6 nitrogen and oxygen atoms in total. The second kappa shape index (κ2) is 6.63. The minimum atomic E-state index is -1.08. The van der Waals surface area contributed by atoms with Crippen LogP contribution in [0.5, 0.6) is 5.75 Å². The summed E-state index contributed by atoms with van der Waals surface area (Å²) < 4.78 is 9.98. The predicted molar refractivity (Wildman–Crippen MR) is 69.2 cm³/mol. The predicted octanol–water partition coefficient (Wildman–Crippen LogP) is 1.69. The minimum Gasteiger partial charge on any atom is -0.479 e. The van der Waals surface area contributed by atoms with Crippen LogP contribution in [0.2, 0.25) is 0 Å². The zero-order chi connectivity index (χ0) is 14.4. The van der Waals surface area contributed by atoms with Crippen molar-refractivity contribution in [1.29, 1.82) is 0 Å². The number of esters is 1. The minimum absolute atomic E-state index is 0.118. The Balaban J connectivity index is 3.06. The van der Waals surface area contributed by atoms with Gasteiger partial charge in [-0.2, -0.15) is 0 Å². The topological polar surface area (TPSA) is 98.9 Å². The number of hydrogen-bond donors (Lipinski definition) is 2. The number of rotatable bonds is 6. The normalized spacial score (nSPS) is 11.7. The summed E-state index contributed by atoms with van der Waals surface area (Å²) in [7, 11) is 1.24. The van der Waals surface area contributed by atoms with Gasteiger partial charge in [0.15, 0.2) is 6.10 Å². The fraction of sp³-hybridized carbons (Fsp3) is 0.385. The van der Waals surface area contributed by atoms with E-state index in [9.17, 15) is 9.59 Å². The molecule has 0 radical (unpaired) electrons. The smallest absolute Gasteiger partial charge is 0.344 e. The molecule has 3 N–H and O–H groups in total. The standard InChI is InChI=1S/C13H17NO5/c1-3-4-10(12(15)16)19-11-7-8(14)5-6-9(11)13(17)18-2/h5-7,10H,3-4,14H2,1-2H3,(H,15,16). The van der Waals surface area contributed by atoms with Crippen molar-refractivity contribution in [2.75, 3.05) is 12.8 Å². The van der Waals surface area contributed by atoms with E-state index in [4.69, 9.17) is 15.6 Å². The van der Waals surface area contributed by atoms with Crippen LogP contribution in [-0.2, 0) is 9.53 Å². The Morgan fingerprint density at radius 3 is 2.63 bits per heavy atom. The van der Waals surface area contributed by atoms with Crippen LogP contribution in [0, 0.1) is 0 Å². The number of carbonyl (C=O) groups is 2. The number of anilines is 1. The highest BCUT2D eigenvalue weighted by atomic mass is 16.5. The largest absolute Gasteiger partial charge is 0.479 e. The average Bonchev–Trinajstić information content (AvgIpc) is 2.37. The molecule has 0 saturated carbocycles. The van der Waals surface area contributed by atoms with Gasteiger partial charge in [0.25, 0.3) is 0 Å². The van der Waals surface area contributed by atoms with E-state index >= 15 is 0 Å². The molecule has 1 aromatic rings. The van der Waals surface area contributed by atoms with Gasteiger partial charge in [-0.3, -0.25) is 0 Å². The van der Waals surface area contributed by atoms with Gasteiger partial charge in [-0.15, -0.1) is 0 Å². The van der Waals surface area contributed by atoms with E-state index in [0.717, 1.165) is 0 Å². The Hall–Kier alpha value is -2.24. The van der Waals surface area contributed by atoms with Crippen LogP contribution in [-0.4, -0.2) is 30.3 Å². The van der Waals surface area contributed by atoms with Gasteiger partial charge >= 0.3 is 11.9 Å². The fourth-order valence-electron chi connectivity index (χ4n) is 1.56. The number of hydrogen-bond acceptors (Lipinski definition) is 5. The van der Waals surface area contributed by atoms with Gasteiger partial charge in [0.05, 0.1) is 7.11 Å². The Bertz CT molecular complexity index is 472. The summed E-state index contributed by atoms with van der Waals surface area (Å²) in [6.45, 7) is 1.85. The summed E-state index contributed by atoms with van der Waals surface area (Å²) in [5.41, 5.74) is 6.15. The van der Waals surface area contributed by atoms with Crippen molar-refractivity contribution in [1.82, 2.24) is 0 Å². The van der Waals surface area contributed by atoms with Gasteiger partial charge in [-0.1, -0.05) is 13.3 Å². The molecule has 6 heteroatoms. The number of aliphatic carboxylic acids is 1. The molecular formula is C13H17NO5. The van der Waals surface area contributed by atoms with Crippen molar-refractivity contribution in [2.24, 2.45) is 0 Å². The molecule has 0 fully saturated rings. The van der Waals surface area contributed by atoms with Crippen molar-refractivity contribution in [3.05, 3.63) is 23.8 Å². The third-order valence-corrected chi connectivity index (χ3v) is 2.51. The van der Waals surface area contributed by atoms with Crippen LogP contribution in [0.1, 0.15) is 30.1 Å². The fourth-order valence-corrected chi connectivity index (χ4v) is 1.56. The van der Waals surface area contributed by atoms with Crippen molar-refractivity contribution in [3.63, 3.8) is 0 Å². The van der Waals surface area contributed by atoms with E-state index in [2.05, 4.69) is 4.74 Å². The Labute approximate surface area is 111 Å². The van der Waals surface area contributed by atoms with E-state index < -0.39 is 18.0 Å². The Kier molecular flexibility index (Phi) is 5.17. The first-order valence-corrected chi connectivity index (χ1v) is 5.86. The van der Waals surface area contributed by atoms with Crippen molar-refractivity contribution in [2.45, 2.75) is 25.9 Å². The molecule has 1 unspecified atom stereocenters. The zero-order valence-electron chi connectivity index (χ0n) is 10.9. The molecule has 19 heavy (non-hydrogen) atoms. The highest BCUT2D eigenvalue weighted by molar-refractivity contribution is 5.93. The molecule has 0 spiro atoms. The Morgan fingerprint density at radius 2 is 2.11 bits per heavy atom. The molecule has 0 aliphatic heterocycles. The van der Waals surface area contributed by atoms with Crippen LogP contribution in [0.4, 0.5) is 5.69 Å². The van der Waals surface area contributed by atoms with E-state index in [0.29, 0.717) is 18.5 Å². The van der Waals surface area contributed by atoms with Crippen molar-refractivity contribution >= 4 is 17.6 Å². The number of nitrogen functional groups attached to an aromatic ring is 1. The lowest BCUT2D eigenvalue weighted by Crippen LogP contribution is -2.27. The van der Waals surface area contributed by atoms with Crippen LogP contribution < -0.4 is 10.5 Å². The summed E-state index contributed by atoms with van der Waals surface area (Å²) in [6.07, 6.45) is -0.0346. The maximum Gasteiger partial charge on any atom is 0.344 e. The molecule has 0 bridgehead atoms. The van der Waals surface area contributed by atoms with Crippen LogP contribution >= 0.6 is 0 Å². The van der Waals surface area contributed by atoms with E-state index in [1.165, 1.54) is 25.3 Å². The molecule has 0 amide bonds. The summed E-state index contributed by atoms with van der Waals surface area (Å²) in [6, 6.07) is 4.38. The summed E-state index contributed by atoms with van der Waals surface area (Å²) in [5, 5.41) is 9.05. The molecule has 104 valence electrons. The molecule has 1 atom stereocenters. The van der Waals surface area contributed by atoms with Crippen LogP contribution in [0.3, 0.4) is 0 Å². The lowest BCUT2D eigenvalue weighted by Gasteiger charge is -2.16. The number of nitrogens with two attached hydrogens (primary N) is 1. The van der Waals surface area contributed by atoms with Crippen LogP contribution in [0.25, 0.3) is 0 Å². The van der Waals surface area contributed by atoms with Gasteiger partial charge in [0.1, 0.15) is 11.3 Å². The number of carboxylic acids is 1. The first kappa shape index (κ1) is 14.8. The molecule has 0 saturated heterocycles. The quantitative estimate of drug-likeness (QED) is 0.601. The van der Waals surface area contributed by atoms with Crippen molar-refractivity contribution in [3.8, 4) is 5.75 Å². The number of benzene rings is 1. The molecule has 0 aliphatic carbocycles. The number of carboxylic acid groups (broad SMARTS) is 1. The van der Waals surface area contributed by atoms with Crippen LogP contribution in [0.15, 0.2) is 18.2 Å². The summed E-state index contributed by atoms with van der Waals surface area (Å²) >= 11 is 0. The summed E-state index contributed by atoms with van der Waals surface area (Å²) in [4.78, 5) is 22.6. The van der Waals surface area contributed by atoms with Gasteiger partial charge in [-0.25, -0.2) is 9.59 Å². The first-order valence-electron chi connectivity index (χ1n) is 5.86. The lowest BCUT2D eigenvalue weighted by molar-refractivity contribution is -0.145. The van der Waals surface area contributed by atoms with Gasteiger partial charge in [0, 0.05) is 11.8 Å².